The summed E-state index contributed by atoms with van der Waals surface area (Å²) in [5.41, 5.74) is 0.352. The van der Waals surface area contributed by atoms with Gasteiger partial charge < -0.3 is 15.1 Å². The highest BCUT2D eigenvalue weighted by atomic mass is 16.3. The van der Waals surface area contributed by atoms with Gasteiger partial charge in [-0.3, -0.25) is 4.79 Å². The molecule has 0 saturated carbocycles. The number of anilines is 1. The molecule has 0 atom stereocenters. The van der Waals surface area contributed by atoms with Crippen LogP contribution in [0.15, 0.2) is 35.2 Å². The quantitative estimate of drug-likeness (QED) is 0.828. The molecule has 1 amide bonds. The molecule has 0 radical (unpaired) electrons. The summed E-state index contributed by atoms with van der Waals surface area (Å²) in [4.78, 5) is 19.7. The van der Waals surface area contributed by atoms with Gasteiger partial charge in [0.2, 0.25) is 0 Å². The summed E-state index contributed by atoms with van der Waals surface area (Å²) < 4.78 is 5.20. The molecule has 19 heavy (non-hydrogen) atoms. The SMILES string of the molecule is CCCNC(=O)c1cc(NCc2ccco2)ncn1. The third-order valence-electron chi connectivity index (χ3n) is 2.46. The molecule has 2 rings (SSSR count). The zero-order valence-electron chi connectivity index (χ0n) is 10.7. The van der Waals surface area contributed by atoms with E-state index in [4.69, 9.17) is 4.42 Å². The van der Waals surface area contributed by atoms with Crippen LogP contribution in [0, 0.1) is 0 Å². The van der Waals surface area contributed by atoms with Crippen LogP contribution in [0.5, 0.6) is 0 Å². The highest BCUT2D eigenvalue weighted by molar-refractivity contribution is 5.92. The van der Waals surface area contributed by atoms with Gasteiger partial charge in [0, 0.05) is 12.6 Å². The summed E-state index contributed by atoms with van der Waals surface area (Å²) in [6.07, 6.45) is 3.87. The lowest BCUT2D eigenvalue weighted by molar-refractivity contribution is 0.0948. The minimum atomic E-state index is -0.190. The second kappa shape index (κ2) is 6.53. The fourth-order valence-corrected chi connectivity index (χ4v) is 1.50. The fourth-order valence-electron chi connectivity index (χ4n) is 1.50. The molecule has 0 aliphatic heterocycles. The Bertz CT molecular complexity index is 525. The van der Waals surface area contributed by atoms with Crippen molar-refractivity contribution in [1.29, 1.82) is 0 Å². The van der Waals surface area contributed by atoms with Crippen LogP contribution in [0.2, 0.25) is 0 Å². The van der Waals surface area contributed by atoms with Crippen molar-refractivity contribution < 1.29 is 9.21 Å². The fraction of sp³-hybridized carbons (Fsp3) is 0.308. The Kier molecular flexibility index (Phi) is 4.49. The standard InChI is InChI=1S/C13H16N4O2/c1-2-5-14-13(18)11-7-12(17-9-16-11)15-8-10-4-3-6-19-10/h3-4,6-7,9H,2,5,8H2,1H3,(H,14,18)(H,15,16,17). The molecule has 0 aliphatic rings. The second-order valence-electron chi connectivity index (χ2n) is 3.98. The number of rotatable bonds is 6. The van der Waals surface area contributed by atoms with Crippen molar-refractivity contribution in [2.45, 2.75) is 19.9 Å². The van der Waals surface area contributed by atoms with Crippen LogP contribution in [0.3, 0.4) is 0 Å². The maximum Gasteiger partial charge on any atom is 0.270 e. The number of furan rings is 1. The van der Waals surface area contributed by atoms with Crippen molar-refractivity contribution in [1.82, 2.24) is 15.3 Å². The lowest BCUT2D eigenvalue weighted by Gasteiger charge is -2.06. The number of aromatic nitrogens is 2. The first kappa shape index (κ1) is 13.1. The van der Waals surface area contributed by atoms with Gasteiger partial charge in [0.05, 0.1) is 12.8 Å². The molecular formula is C13H16N4O2. The number of nitrogens with zero attached hydrogens (tertiary/aromatic N) is 2. The molecule has 0 bridgehead atoms. The van der Waals surface area contributed by atoms with Crippen molar-refractivity contribution >= 4 is 11.7 Å². The van der Waals surface area contributed by atoms with Crippen LogP contribution in [0.1, 0.15) is 29.6 Å². The monoisotopic (exact) mass is 260 g/mol. The Balaban J connectivity index is 1.96. The van der Waals surface area contributed by atoms with Crippen LogP contribution < -0.4 is 10.6 Å². The molecule has 0 fully saturated rings. The summed E-state index contributed by atoms with van der Waals surface area (Å²) in [5.74, 6) is 1.20. The van der Waals surface area contributed by atoms with E-state index in [1.807, 2.05) is 19.1 Å². The average molecular weight is 260 g/mol. The van der Waals surface area contributed by atoms with Gasteiger partial charge in [-0.1, -0.05) is 6.92 Å². The summed E-state index contributed by atoms with van der Waals surface area (Å²) in [7, 11) is 0. The van der Waals surface area contributed by atoms with E-state index in [0.717, 1.165) is 12.2 Å². The van der Waals surface area contributed by atoms with Crippen molar-refractivity contribution in [3.8, 4) is 0 Å². The second-order valence-corrected chi connectivity index (χ2v) is 3.98. The van der Waals surface area contributed by atoms with Gasteiger partial charge in [-0.05, 0) is 18.6 Å². The summed E-state index contributed by atoms with van der Waals surface area (Å²) in [6, 6.07) is 5.30. The highest BCUT2D eigenvalue weighted by Crippen LogP contribution is 2.07. The van der Waals surface area contributed by atoms with Gasteiger partial charge in [-0.2, -0.15) is 0 Å². The van der Waals surface area contributed by atoms with Crippen LogP contribution in [0.25, 0.3) is 0 Å². The van der Waals surface area contributed by atoms with Crippen LogP contribution in [0.4, 0.5) is 5.82 Å². The molecule has 2 heterocycles. The Morgan fingerprint density at radius 2 is 2.32 bits per heavy atom. The normalized spacial score (nSPS) is 10.2. The predicted octanol–water partition coefficient (Wildman–Crippen LogP) is 1.82. The largest absolute Gasteiger partial charge is 0.467 e. The Hall–Kier alpha value is -2.37. The topological polar surface area (TPSA) is 80.0 Å². The van der Waals surface area contributed by atoms with Crippen molar-refractivity contribution in [3.63, 3.8) is 0 Å². The lowest BCUT2D eigenvalue weighted by Crippen LogP contribution is -2.25. The van der Waals surface area contributed by atoms with Crippen LogP contribution >= 0.6 is 0 Å². The molecule has 6 heteroatoms. The third-order valence-corrected chi connectivity index (χ3v) is 2.46. The molecule has 0 spiro atoms. The lowest BCUT2D eigenvalue weighted by atomic mass is 10.3. The van der Waals surface area contributed by atoms with Gasteiger partial charge in [0.15, 0.2) is 0 Å². The first-order chi connectivity index (χ1) is 9.29. The van der Waals surface area contributed by atoms with Crippen molar-refractivity contribution in [2.75, 3.05) is 11.9 Å². The third kappa shape index (κ3) is 3.80. The highest BCUT2D eigenvalue weighted by Gasteiger charge is 2.07. The van der Waals surface area contributed by atoms with E-state index in [-0.39, 0.29) is 5.91 Å². The summed E-state index contributed by atoms with van der Waals surface area (Å²) in [5, 5.41) is 5.84. The number of hydrogen-bond donors (Lipinski definition) is 2. The van der Waals surface area contributed by atoms with E-state index in [1.165, 1.54) is 6.33 Å². The van der Waals surface area contributed by atoms with Crippen LogP contribution in [-0.4, -0.2) is 22.4 Å². The predicted molar refractivity (Wildman–Crippen MR) is 70.7 cm³/mol. The summed E-state index contributed by atoms with van der Waals surface area (Å²) in [6.45, 7) is 3.15. The Morgan fingerprint density at radius 3 is 3.05 bits per heavy atom. The maximum atomic E-state index is 11.7. The Morgan fingerprint density at radius 1 is 1.42 bits per heavy atom. The molecular weight excluding hydrogens is 244 g/mol. The Labute approximate surface area is 111 Å². The molecule has 2 aromatic rings. The number of amides is 1. The minimum absolute atomic E-state index is 0.190. The smallest absolute Gasteiger partial charge is 0.270 e. The average Bonchev–Trinajstić information content (AvgIpc) is 2.96. The molecule has 0 aromatic carbocycles. The van der Waals surface area contributed by atoms with E-state index in [0.29, 0.717) is 24.6 Å². The molecule has 6 nitrogen and oxygen atoms in total. The van der Waals surface area contributed by atoms with Gasteiger partial charge in [-0.15, -0.1) is 0 Å². The molecule has 0 aliphatic carbocycles. The van der Waals surface area contributed by atoms with E-state index < -0.39 is 0 Å². The molecule has 2 aromatic heterocycles. The van der Waals surface area contributed by atoms with Crippen LogP contribution in [-0.2, 0) is 6.54 Å². The van der Waals surface area contributed by atoms with Crippen molar-refractivity contribution in [3.05, 3.63) is 42.2 Å². The zero-order chi connectivity index (χ0) is 13.5. The van der Waals surface area contributed by atoms with Gasteiger partial charge in [0.1, 0.15) is 23.6 Å². The number of nitrogens with one attached hydrogen (secondary N) is 2. The maximum absolute atomic E-state index is 11.7. The van der Waals surface area contributed by atoms with Gasteiger partial charge in [-0.25, -0.2) is 9.97 Å². The van der Waals surface area contributed by atoms with E-state index in [1.54, 1.807) is 12.3 Å². The van der Waals surface area contributed by atoms with E-state index in [9.17, 15) is 4.79 Å². The molecule has 0 unspecified atom stereocenters. The number of carbonyl (C=O) groups excluding carboxylic acids is 1. The van der Waals surface area contributed by atoms with Gasteiger partial charge >= 0.3 is 0 Å². The zero-order valence-corrected chi connectivity index (χ0v) is 10.7. The van der Waals surface area contributed by atoms with E-state index >= 15 is 0 Å². The first-order valence-corrected chi connectivity index (χ1v) is 6.16. The molecule has 0 saturated heterocycles. The van der Waals surface area contributed by atoms with Gasteiger partial charge in [0.25, 0.3) is 5.91 Å². The molecule has 100 valence electrons. The van der Waals surface area contributed by atoms with E-state index in [2.05, 4.69) is 20.6 Å². The summed E-state index contributed by atoms with van der Waals surface area (Å²) >= 11 is 0. The first-order valence-electron chi connectivity index (χ1n) is 6.16. The number of hydrogen-bond acceptors (Lipinski definition) is 5. The minimum Gasteiger partial charge on any atom is -0.467 e. The number of carbonyl (C=O) groups is 1. The van der Waals surface area contributed by atoms with Crippen molar-refractivity contribution in [2.24, 2.45) is 0 Å². The molecule has 2 N–H and O–H groups in total.